The van der Waals surface area contributed by atoms with Crippen molar-refractivity contribution in [1.29, 1.82) is 0 Å². The smallest absolute Gasteiger partial charge is 0.323 e. The number of piperidine rings is 4. The molecule has 20 heteroatoms. The first kappa shape index (κ1) is 49.9. The minimum Gasteiger partial charge on any atom is -0.460 e. The van der Waals surface area contributed by atoms with Crippen molar-refractivity contribution in [2.24, 2.45) is 0 Å². The van der Waals surface area contributed by atoms with E-state index in [4.69, 9.17) is 39.4 Å². The lowest BCUT2D eigenvalue weighted by Crippen LogP contribution is -2.61. The summed E-state index contributed by atoms with van der Waals surface area (Å²) in [4.78, 5) is 28.4. The summed E-state index contributed by atoms with van der Waals surface area (Å²) in [5.41, 5.74) is -4.09. The molecule has 0 radical (unpaired) electrons. The van der Waals surface area contributed by atoms with Gasteiger partial charge in [-0.15, -0.1) is 0 Å². The first-order valence-corrected chi connectivity index (χ1v) is 23.0. The van der Waals surface area contributed by atoms with Crippen molar-refractivity contribution in [3.8, 4) is 12.0 Å². The van der Waals surface area contributed by atoms with Crippen LogP contribution in [0.25, 0.3) is 0 Å². The van der Waals surface area contributed by atoms with Crippen LogP contribution in [-0.2, 0) is 0 Å². The molecule has 0 aromatic carbocycles. The number of rotatable bonds is 13. The summed E-state index contributed by atoms with van der Waals surface area (Å²) >= 11 is 0. The molecule has 0 bridgehead atoms. The summed E-state index contributed by atoms with van der Waals surface area (Å²) in [5.74, 6) is 1.34. The monoisotopic (exact) mass is 901 g/mol. The number of anilines is 4. The van der Waals surface area contributed by atoms with Crippen LogP contribution in [0.4, 0.5) is 23.8 Å². The van der Waals surface area contributed by atoms with Gasteiger partial charge < -0.3 is 51.6 Å². The van der Waals surface area contributed by atoms with Gasteiger partial charge in [-0.05, 0) is 136 Å². The van der Waals surface area contributed by atoms with Gasteiger partial charge in [0.1, 0.15) is 12.2 Å². The fourth-order valence-corrected chi connectivity index (χ4v) is 11.4. The van der Waals surface area contributed by atoms with E-state index in [2.05, 4.69) is 21.3 Å². The molecule has 4 aliphatic heterocycles. The highest BCUT2D eigenvalue weighted by atomic mass is 16.5. The van der Waals surface area contributed by atoms with Crippen molar-refractivity contribution < 1.29 is 30.3 Å². The minimum atomic E-state index is -0.535. The minimum absolute atomic E-state index is 0.0432. The molecule has 6 rings (SSSR count). The Morgan fingerprint density at radius 2 is 0.625 bits per heavy atom. The number of nitrogens with zero attached hydrogens (tertiary/aromatic N) is 10. The van der Waals surface area contributed by atoms with E-state index in [9.17, 15) is 20.8 Å². The Kier molecular flexibility index (Phi) is 13.5. The van der Waals surface area contributed by atoms with Crippen LogP contribution in [0.1, 0.15) is 162 Å². The first-order chi connectivity index (χ1) is 29.2. The quantitative estimate of drug-likeness (QED) is 0.0964. The second-order valence-corrected chi connectivity index (χ2v) is 23.9. The van der Waals surface area contributed by atoms with Gasteiger partial charge in [0.2, 0.25) is 23.8 Å². The van der Waals surface area contributed by atoms with Gasteiger partial charge in [-0.25, -0.2) is 0 Å². The zero-order valence-electron chi connectivity index (χ0n) is 41.5. The van der Waals surface area contributed by atoms with Crippen LogP contribution in [0.2, 0.25) is 0 Å². The van der Waals surface area contributed by atoms with Crippen molar-refractivity contribution >= 4 is 23.8 Å². The maximum atomic E-state index is 11.0. The molecule has 64 heavy (non-hydrogen) atoms. The van der Waals surface area contributed by atoms with Gasteiger partial charge >= 0.3 is 12.0 Å². The molecule has 2 aromatic heterocycles. The number of aromatic nitrogens is 6. The maximum absolute atomic E-state index is 11.0. The lowest BCUT2D eigenvalue weighted by Gasteiger charge is -2.51. The van der Waals surface area contributed by atoms with Gasteiger partial charge in [-0.3, -0.25) is 0 Å². The Hall–Kier alpha value is -3.50. The van der Waals surface area contributed by atoms with Gasteiger partial charge in [0.15, 0.2) is 0 Å². The highest BCUT2D eigenvalue weighted by Gasteiger charge is 2.49. The molecule has 8 N–H and O–H groups in total. The molecule has 4 fully saturated rings. The van der Waals surface area contributed by atoms with Gasteiger partial charge in [-0.2, -0.15) is 50.2 Å². The molecule has 0 unspecified atom stereocenters. The molecule has 0 amide bonds. The molecule has 0 aliphatic carbocycles. The SMILES string of the molecule is CC1(C)CC(Nc2nc(NCCNc3nc(NC4CC(C)(C)N(O)C(C)(C)C4)nc(OC4CC(C)(C)N(O)C(C)(C)C4)n3)nc(OC3CC(C)(C)N(O)C(C)(C)C3)n2)CC(C)(C)N1O. The zero-order chi connectivity index (χ0) is 47.6. The highest BCUT2D eigenvalue weighted by molar-refractivity contribution is 5.39. The summed E-state index contributed by atoms with van der Waals surface area (Å²) in [5, 5.41) is 63.3. The third kappa shape index (κ3) is 11.2. The zero-order valence-corrected chi connectivity index (χ0v) is 41.5. The Balaban J connectivity index is 1.21. The average Bonchev–Trinajstić information content (AvgIpc) is 3.11. The third-order valence-electron chi connectivity index (χ3n) is 13.6. The van der Waals surface area contributed by atoms with Crippen LogP contribution in [0.3, 0.4) is 0 Å². The number of nitrogens with one attached hydrogen (secondary N) is 4. The van der Waals surface area contributed by atoms with Crippen molar-refractivity contribution in [2.45, 2.75) is 231 Å². The van der Waals surface area contributed by atoms with Crippen LogP contribution in [0.15, 0.2) is 0 Å². The van der Waals surface area contributed by atoms with Crippen molar-refractivity contribution in [3.05, 3.63) is 0 Å². The van der Waals surface area contributed by atoms with Crippen LogP contribution in [0.5, 0.6) is 12.0 Å². The van der Waals surface area contributed by atoms with Crippen LogP contribution in [-0.4, -0.2) is 153 Å². The first-order valence-electron chi connectivity index (χ1n) is 23.0. The van der Waals surface area contributed by atoms with E-state index in [1.54, 1.807) is 0 Å². The number of hydroxylamine groups is 8. The fraction of sp³-hybridized carbons (Fsp3) is 0.864. The van der Waals surface area contributed by atoms with Crippen LogP contribution < -0.4 is 30.7 Å². The standard InChI is InChI=1S/C44H80N14O6/c1-37(2)19-27(20-38(3,4)55(37)59)47-33-49-31(51-35(53-33)63-29-23-41(9,10)57(61)42(11,12)24-29)45-17-18-46-32-50-34(48-28-21-39(5,6)56(60)40(7,8)22-28)54-36(52-32)64-30-25-43(13,14)58(62)44(15,16)26-30/h27-30,59-62H,17-26H2,1-16H3,(H2,45,47,49,51,53)(H2,46,48,50,52,54). The lowest BCUT2D eigenvalue weighted by atomic mass is 9.79. The second kappa shape index (κ2) is 17.3. The van der Waals surface area contributed by atoms with E-state index >= 15 is 0 Å². The van der Waals surface area contributed by atoms with Crippen molar-refractivity contribution in [3.63, 3.8) is 0 Å². The van der Waals surface area contributed by atoms with Gasteiger partial charge in [0.25, 0.3) is 0 Å². The van der Waals surface area contributed by atoms with Crippen LogP contribution in [0, 0.1) is 0 Å². The van der Waals surface area contributed by atoms with E-state index in [-0.39, 0.29) is 36.3 Å². The second-order valence-electron chi connectivity index (χ2n) is 23.9. The average molecular weight is 901 g/mol. The van der Waals surface area contributed by atoms with E-state index in [1.165, 1.54) is 20.3 Å². The maximum Gasteiger partial charge on any atom is 0.323 e. The molecule has 20 nitrogen and oxygen atoms in total. The molecule has 2 aromatic rings. The third-order valence-corrected chi connectivity index (χ3v) is 13.6. The van der Waals surface area contributed by atoms with E-state index in [0.29, 0.717) is 88.2 Å². The van der Waals surface area contributed by atoms with E-state index < -0.39 is 44.3 Å². The molecular weight excluding hydrogens is 821 g/mol. The van der Waals surface area contributed by atoms with Crippen molar-refractivity contribution in [1.82, 2.24) is 50.2 Å². The van der Waals surface area contributed by atoms with Gasteiger partial charge in [-0.1, -0.05) is 0 Å². The fourth-order valence-electron chi connectivity index (χ4n) is 11.4. The summed E-state index contributed by atoms with van der Waals surface area (Å²) in [6.07, 6.45) is 4.33. The molecule has 4 aliphatic rings. The molecule has 0 saturated carbocycles. The van der Waals surface area contributed by atoms with E-state index in [1.807, 2.05) is 111 Å². The molecule has 0 atom stereocenters. The number of ether oxygens (including phenoxy) is 2. The highest BCUT2D eigenvalue weighted by Crippen LogP contribution is 2.42. The summed E-state index contributed by atoms with van der Waals surface area (Å²) in [7, 11) is 0. The van der Waals surface area contributed by atoms with Crippen molar-refractivity contribution in [2.75, 3.05) is 34.4 Å². The van der Waals surface area contributed by atoms with Gasteiger partial charge in [0, 0.05) is 95.2 Å². The summed E-state index contributed by atoms with van der Waals surface area (Å²) in [6, 6.07) is 0.249. The number of hydrogen-bond donors (Lipinski definition) is 8. The molecule has 6 heterocycles. The lowest BCUT2D eigenvalue weighted by molar-refractivity contribution is -0.255. The molecule has 0 spiro atoms. The Labute approximate surface area is 380 Å². The topological polar surface area (TPSA) is 238 Å². The summed E-state index contributed by atoms with van der Waals surface area (Å²) in [6.45, 7) is 32.8. The number of hydrogen-bond acceptors (Lipinski definition) is 20. The van der Waals surface area contributed by atoms with Gasteiger partial charge in [0.05, 0.1) is 0 Å². The predicted molar refractivity (Wildman–Crippen MR) is 244 cm³/mol. The van der Waals surface area contributed by atoms with Crippen LogP contribution >= 0.6 is 0 Å². The summed E-state index contributed by atoms with van der Waals surface area (Å²) < 4.78 is 13.0. The molecule has 362 valence electrons. The largest absolute Gasteiger partial charge is 0.460 e. The molecular formula is C44H80N14O6. The van der Waals surface area contributed by atoms with E-state index in [0.717, 1.165) is 0 Å². The Morgan fingerprint density at radius 3 is 0.891 bits per heavy atom. The predicted octanol–water partition coefficient (Wildman–Crippen LogP) is 6.81. The normalized spacial score (nSPS) is 26.2. The Morgan fingerprint density at radius 1 is 0.391 bits per heavy atom. The Bertz CT molecular complexity index is 1630. The molecule has 4 saturated heterocycles.